The number of nitrogens with zero attached hydrogens (tertiary/aromatic N) is 3. The molecule has 19 heavy (non-hydrogen) atoms. The van der Waals surface area contributed by atoms with Crippen LogP contribution in [0.4, 0.5) is 5.82 Å². The molecular formula is C13H17BrN4O. The van der Waals surface area contributed by atoms with Gasteiger partial charge >= 0.3 is 0 Å². The third-order valence-electron chi connectivity index (χ3n) is 3.75. The van der Waals surface area contributed by atoms with Crippen LogP contribution < -0.4 is 5.32 Å². The maximum Gasteiger partial charge on any atom is 0.218 e. The summed E-state index contributed by atoms with van der Waals surface area (Å²) in [6, 6.07) is 6.28. The van der Waals surface area contributed by atoms with Crippen LogP contribution >= 0.6 is 15.9 Å². The number of aliphatic hydroxyl groups is 1. The molecule has 1 aliphatic rings. The molecule has 0 aliphatic heterocycles. The Morgan fingerprint density at radius 2 is 2.16 bits per heavy atom. The molecule has 2 aromatic rings. The molecule has 0 atom stereocenters. The molecule has 1 aliphatic carbocycles. The summed E-state index contributed by atoms with van der Waals surface area (Å²) < 4.78 is 2.39. The molecule has 102 valence electrons. The van der Waals surface area contributed by atoms with Crippen molar-refractivity contribution in [1.29, 1.82) is 0 Å². The van der Waals surface area contributed by atoms with E-state index in [1.807, 2.05) is 25.1 Å². The van der Waals surface area contributed by atoms with Crippen LogP contribution in [-0.2, 0) is 0 Å². The fourth-order valence-corrected chi connectivity index (χ4v) is 2.92. The average molecular weight is 325 g/mol. The fraction of sp³-hybridized carbons (Fsp3) is 0.538. The second kappa shape index (κ2) is 4.76. The van der Waals surface area contributed by atoms with Gasteiger partial charge in [-0.15, -0.1) is 5.10 Å². The number of fused-ring (bicyclic) bond motifs is 1. The van der Waals surface area contributed by atoms with Gasteiger partial charge in [-0.2, -0.15) is 4.52 Å². The number of aromatic nitrogens is 3. The number of hydrogen-bond donors (Lipinski definition) is 2. The van der Waals surface area contributed by atoms with E-state index in [2.05, 4.69) is 31.3 Å². The Balaban J connectivity index is 1.79. The van der Waals surface area contributed by atoms with Crippen molar-refractivity contribution in [3.05, 3.63) is 22.9 Å². The summed E-state index contributed by atoms with van der Waals surface area (Å²) in [4.78, 5) is 4.28. The van der Waals surface area contributed by atoms with E-state index < -0.39 is 5.60 Å². The smallest absolute Gasteiger partial charge is 0.218 e. The van der Waals surface area contributed by atoms with E-state index in [4.69, 9.17) is 0 Å². The zero-order chi connectivity index (χ0) is 13.5. The molecule has 0 saturated heterocycles. The van der Waals surface area contributed by atoms with Crippen LogP contribution in [0.15, 0.2) is 22.9 Å². The van der Waals surface area contributed by atoms with Crippen LogP contribution in [0.2, 0.25) is 0 Å². The van der Waals surface area contributed by atoms with Gasteiger partial charge in [-0.25, -0.2) is 4.98 Å². The molecule has 1 saturated carbocycles. The molecule has 0 radical (unpaired) electrons. The van der Waals surface area contributed by atoms with Gasteiger partial charge < -0.3 is 10.4 Å². The topological polar surface area (TPSA) is 62.5 Å². The number of anilines is 1. The monoisotopic (exact) mass is 324 g/mol. The molecule has 1 fully saturated rings. The summed E-state index contributed by atoms with van der Waals surface area (Å²) in [5, 5.41) is 17.8. The number of halogens is 1. The third kappa shape index (κ3) is 2.74. The predicted octanol–water partition coefficient (Wildman–Crippen LogP) is 2.60. The van der Waals surface area contributed by atoms with Crippen molar-refractivity contribution in [3.8, 4) is 0 Å². The highest BCUT2D eigenvalue weighted by Gasteiger charge is 2.28. The summed E-state index contributed by atoms with van der Waals surface area (Å²) >= 11 is 3.29. The van der Waals surface area contributed by atoms with Gasteiger partial charge in [0, 0.05) is 6.04 Å². The highest BCUT2D eigenvalue weighted by molar-refractivity contribution is 9.10. The predicted molar refractivity (Wildman–Crippen MR) is 77.2 cm³/mol. The Bertz CT molecular complexity index is 585. The van der Waals surface area contributed by atoms with Crippen molar-refractivity contribution in [1.82, 2.24) is 14.6 Å². The number of hydrogen-bond acceptors (Lipinski definition) is 4. The van der Waals surface area contributed by atoms with Gasteiger partial charge in [-0.3, -0.25) is 0 Å². The zero-order valence-corrected chi connectivity index (χ0v) is 12.4. The Morgan fingerprint density at radius 1 is 1.42 bits per heavy atom. The zero-order valence-electron chi connectivity index (χ0n) is 10.8. The van der Waals surface area contributed by atoms with Gasteiger partial charge in [0.15, 0.2) is 5.65 Å². The minimum Gasteiger partial charge on any atom is -0.390 e. The molecule has 5 nitrogen and oxygen atoms in total. The maximum absolute atomic E-state index is 9.97. The van der Waals surface area contributed by atoms with Crippen molar-refractivity contribution in [3.63, 3.8) is 0 Å². The van der Waals surface area contributed by atoms with Crippen molar-refractivity contribution in [2.24, 2.45) is 0 Å². The van der Waals surface area contributed by atoms with Gasteiger partial charge in [0.1, 0.15) is 5.82 Å². The van der Waals surface area contributed by atoms with E-state index in [0.717, 1.165) is 37.1 Å². The van der Waals surface area contributed by atoms with E-state index >= 15 is 0 Å². The molecule has 0 bridgehead atoms. The van der Waals surface area contributed by atoms with Gasteiger partial charge in [0.2, 0.25) is 4.73 Å². The van der Waals surface area contributed by atoms with Crippen molar-refractivity contribution in [2.45, 2.75) is 44.2 Å². The standard InChI is InChI=1S/C13H17BrN4O/c1-13(19)7-5-9(6-8-13)15-10-3-2-4-11-16-12(14)17-18(10)11/h2-4,9,15,19H,5-8H2,1H3. The Labute approximate surface area is 120 Å². The molecule has 3 rings (SSSR count). The summed E-state index contributed by atoms with van der Waals surface area (Å²) in [6.07, 6.45) is 3.61. The minimum atomic E-state index is -0.500. The lowest BCUT2D eigenvalue weighted by Crippen LogP contribution is -2.36. The SMILES string of the molecule is CC1(O)CCC(Nc2cccc3nc(Br)nn23)CC1. The second-order valence-electron chi connectivity index (χ2n) is 5.48. The quantitative estimate of drug-likeness (QED) is 0.891. The molecule has 6 heteroatoms. The Kier molecular flexibility index (Phi) is 3.22. The molecule has 2 N–H and O–H groups in total. The van der Waals surface area contributed by atoms with E-state index in [-0.39, 0.29) is 0 Å². The average Bonchev–Trinajstić information content (AvgIpc) is 2.73. The van der Waals surface area contributed by atoms with E-state index in [1.54, 1.807) is 4.52 Å². The second-order valence-corrected chi connectivity index (χ2v) is 6.19. The maximum atomic E-state index is 9.97. The lowest BCUT2D eigenvalue weighted by molar-refractivity contribution is 0.0196. The molecule has 0 unspecified atom stereocenters. The summed E-state index contributed by atoms with van der Waals surface area (Å²) in [6.45, 7) is 1.92. The number of rotatable bonds is 2. The van der Waals surface area contributed by atoms with Gasteiger partial charge in [0.05, 0.1) is 5.60 Å². The van der Waals surface area contributed by atoms with Crippen LogP contribution in [0, 0.1) is 0 Å². The highest BCUT2D eigenvalue weighted by atomic mass is 79.9. The van der Waals surface area contributed by atoms with Crippen LogP contribution in [0.3, 0.4) is 0 Å². The molecule has 0 aromatic carbocycles. The summed E-state index contributed by atoms with van der Waals surface area (Å²) in [7, 11) is 0. The van der Waals surface area contributed by atoms with Crippen molar-refractivity contribution < 1.29 is 5.11 Å². The first-order chi connectivity index (χ1) is 9.03. The van der Waals surface area contributed by atoms with Crippen LogP contribution in [0.1, 0.15) is 32.6 Å². The molecule has 2 heterocycles. The lowest BCUT2D eigenvalue weighted by Gasteiger charge is -2.33. The molecule has 2 aromatic heterocycles. The highest BCUT2D eigenvalue weighted by Crippen LogP contribution is 2.29. The van der Waals surface area contributed by atoms with Gasteiger partial charge in [0.25, 0.3) is 0 Å². The van der Waals surface area contributed by atoms with Crippen LogP contribution in [-0.4, -0.2) is 31.3 Å². The van der Waals surface area contributed by atoms with Gasteiger partial charge in [-0.1, -0.05) is 6.07 Å². The van der Waals surface area contributed by atoms with E-state index in [0.29, 0.717) is 10.8 Å². The largest absolute Gasteiger partial charge is 0.390 e. The first-order valence-corrected chi connectivity index (χ1v) is 7.33. The fourth-order valence-electron chi connectivity index (χ4n) is 2.58. The van der Waals surface area contributed by atoms with Crippen molar-refractivity contribution >= 4 is 27.4 Å². The number of pyridine rings is 1. The Morgan fingerprint density at radius 3 is 2.89 bits per heavy atom. The van der Waals surface area contributed by atoms with Crippen molar-refractivity contribution in [2.75, 3.05) is 5.32 Å². The first-order valence-electron chi connectivity index (χ1n) is 6.54. The lowest BCUT2D eigenvalue weighted by atomic mass is 9.84. The molecular weight excluding hydrogens is 308 g/mol. The van der Waals surface area contributed by atoms with E-state index in [9.17, 15) is 5.11 Å². The first kappa shape index (κ1) is 12.9. The molecule has 0 spiro atoms. The molecule has 0 amide bonds. The van der Waals surface area contributed by atoms with Crippen LogP contribution in [0.5, 0.6) is 0 Å². The normalized spacial score (nSPS) is 27.6. The Hall–Kier alpha value is -1.14. The minimum absolute atomic E-state index is 0.383. The third-order valence-corrected chi connectivity index (χ3v) is 4.08. The van der Waals surface area contributed by atoms with E-state index in [1.165, 1.54) is 0 Å². The summed E-state index contributed by atoms with van der Waals surface area (Å²) in [5.74, 6) is 0.947. The van der Waals surface area contributed by atoms with Crippen LogP contribution in [0.25, 0.3) is 5.65 Å². The number of nitrogens with one attached hydrogen (secondary N) is 1. The van der Waals surface area contributed by atoms with Gasteiger partial charge in [-0.05, 0) is 60.7 Å². The summed E-state index contributed by atoms with van der Waals surface area (Å²) in [5.41, 5.74) is 0.320.